The molecule has 0 aliphatic carbocycles. The van der Waals surface area contributed by atoms with Crippen LogP contribution in [0.15, 0.2) is 24.3 Å². The number of hydrogen-bond acceptors (Lipinski definition) is 23. The molecule has 5 aliphatic heterocycles. The molecule has 5 aliphatic rings. The molecule has 80 heavy (non-hydrogen) atoms. The molecule has 6 amide bonds. The summed E-state index contributed by atoms with van der Waals surface area (Å²) < 4.78 is 39.8. The average molecular weight is 1160 g/mol. The van der Waals surface area contributed by atoms with E-state index in [-0.39, 0.29) is 74.9 Å². The lowest BCUT2D eigenvalue weighted by Gasteiger charge is -2.48. The smallest absolute Gasteiger partial charge is 0.315 e. The van der Waals surface area contributed by atoms with E-state index in [4.69, 9.17) is 33.2 Å². The zero-order valence-corrected chi connectivity index (χ0v) is 45.4. The Morgan fingerprint density at radius 2 is 1.29 bits per heavy atom. The second kappa shape index (κ2) is 32.4. The number of nitrogens with one attached hydrogen (secondary N) is 6. The normalized spacial score (nSPS) is 33.0. The Bertz CT molecular complexity index is 2160. The number of thioether (sulfide) groups is 1. The number of aliphatic hydroxyl groups is 9. The minimum atomic E-state index is -1.98. The molecule has 29 heteroatoms. The van der Waals surface area contributed by atoms with Crippen molar-refractivity contribution >= 4 is 47.2 Å². The lowest BCUT2D eigenvalue weighted by molar-refractivity contribution is -0.376. The first-order valence-electron chi connectivity index (χ1n) is 27.2. The number of ketones is 1. The molecule has 5 fully saturated rings. The third-order valence-electron chi connectivity index (χ3n) is 14.3. The predicted molar refractivity (Wildman–Crippen MR) is 278 cm³/mol. The minimum absolute atomic E-state index is 0.0350. The first kappa shape index (κ1) is 64.8. The number of urea groups is 1. The van der Waals surface area contributed by atoms with Crippen LogP contribution in [0.5, 0.6) is 5.75 Å². The highest BCUT2D eigenvalue weighted by atomic mass is 32.2. The van der Waals surface area contributed by atoms with E-state index < -0.39 is 124 Å². The first-order chi connectivity index (χ1) is 38.4. The van der Waals surface area contributed by atoms with E-state index in [9.17, 15) is 74.7 Å². The standard InChI is InChI=1S/C51H80N6O22S/c1-26(61)55-39-42(68)46(78-50-45(71)47(41(67)32(22-59)76-50)79-49-44(70)43(69)40(66)31(21-58)75-49)33(23-60)77-48(39)73-18-8-17-53-37(65)24-74-29-12-6-9-27(19-29)20-54-36(64)15-4-2-10-28(62)11-7-16-52-35(63)14-5-3-13-34-38-30(25-80-34)56-51(72)57-38/h6,9,12,19,30-34,38-50,58-60,66-71H,2-5,7-8,10-11,13-18,20-25H2,1H3,(H,52,63)(H,53,65)(H,54,64)(H,55,61)(H2,56,57,72)/t30-,31?,32?,33?,34-,38-,39?,40-,41-,42+,43-,44?,45?,46+,47-,48+,49+,50-/m0/s1. The van der Waals surface area contributed by atoms with Crippen molar-refractivity contribution in [3.63, 3.8) is 0 Å². The maximum absolute atomic E-state index is 12.7. The topological polar surface area (TPSA) is 421 Å². The zero-order chi connectivity index (χ0) is 57.9. The third-order valence-corrected chi connectivity index (χ3v) is 15.8. The summed E-state index contributed by atoms with van der Waals surface area (Å²) in [6.07, 6.45) is -17.9. The lowest BCUT2D eigenvalue weighted by atomic mass is 9.95. The predicted octanol–water partition coefficient (Wildman–Crippen LogP) is -4.45. The Hall–Kier alpha value is -4.41. The second-order valence-electron chi connectivity index (χ2n) is 20.4. The SMILES string of the molecule is CC(=O)NC1[C@H](OCCCNC(=O)COc2cccc(CNC(=O)CCCCC(=O)CCCNC(=O)CCCC[C@@H]3SC[C@@H]4NC(=O)N[C@@H]43)c2)OC(CO)[C@@H](O[C@@H]2OC(CO)[C@H](O)[C@H](O[C@H]3OC(CO)[C@H](O)[C@H](O)C3O)C2O)[C@@H]1O. The number of unbranched alkanes of at least 4 members (excludes halogenated alkanes) is 2. The number of Topliss-reactive ketones (excluding diaryl/α,β-unsaturated/α-hetero) is 1. The number of fused-ring (bicyclic) bond motifs is 1. The summed E-state index contributed by atoms with van der Waals surface area (Å²) in [5, 5.41) is 112. The van der Waals surface area contributed by atoms with Crippen molar-refractivity contribution < 1.29 is 108 Å². The van der Waals surface area contributed by atoms with E-state index in [0.29, 0.717) is 56.1 Å². The molecule has 18 atom stereocenters. The van der Waals surface area contributed by atoms with Gasteiger partial charge in [-0.05, 0) is 56.2 Å². The highest BCUT2D eigenvalue weighted by Gasteiger charge is 2.54. The molecule has 1 aromatic rings. The van der Waals surface area contributed by atoms with Crippen LogP contribution in [-0.4, -0.2) is 243 Å². The largest absolute Gasteiger partial charge is 0.484 e. The quantitative estimate of drug-likeness (QED) is 0.0239. The van der Waals surface area contributed by atoms with Crippen LogP contribution in [-0.2, 0) is 58.9 Å². The summed E-state index contributed by atoms with van der Waals surface area (Å²) in [7, 11) is 0. The molecule has 452 valence electrons. The van der Waals surface area contributed by atoms with E-state index >= 15 is 0 Å². The molecule has 6 rings (SSSR count). The van der Waals surface area contributed by atoms with Crippen LogP contribution in [0.25, 0.3) is 0 Å². The first-order valence-corrected chi connectivity index (χ1v) is 28.2. The van der Waals surface area contributed by atoms with E-state index in [0.717, 1.165) is 37.5 Å². The lowest BCUT2D eigenvalue weighted by Crippen LogP contribution is -2.68. The van der Waals surface area contributed by atoms with Crippen molar-refractivity contribution in [3.05, 3.63) is 29.8 Å². The number of ether oxygens (including phenoxy) is 7. The summed E-state index contributed by atoms with van der Waals surface area (Å²) in [6, 6.07) is 5.73. The van der Waals surface area contributed by atoms with E-state index in [2.05, 4.69) is 31.9 Å². The molecule has 15 N–H and O–H groups in total. The van der Waals surface area contributed by atoms with Crippen molar-refractivity contribution in [2.24, 2.45) is 0 Å². The maximum Gasteiger partial charge on any atom is 0.315 e. The van der Waals surface area contributed by atoms with Gasteiger partial charge in [-0.2, -0.15) is 11.8 Å². The van der Waals surface area contributed by atoms with Gasteiger partial charge in [-0.25, -0.2) is 4.79 Å². The molecule has 0 radical (unpaired) electrons. The van der Waals surface area contributed by atoms with Crippen LogP contribution in [0.2, 0.25) is 0 Å². The fourth-order valence-electron chi connectivity index (χ4n) is 9.92. The van der Waals surface area contributed by atoms with Crippen LogP contribution in [0.4, 0.5) is 4.79 Å². The molecule has 0 bridgehead atoms. The number of amides is 6. The summed E-state index contributed by atoms with van der Waals surface area (Å²) in [4.78, 5) is 73.7. The Balaban J connectivity index is 0.827. The van der Waals surface area contributed by atoms with Gasteiger partial charge < -0.3 is 111 Å². The number of carbonyl (C=O) groups excluding carboxylic acids is 6. The van der Waals surface area contributed by atoms with E-state index in [1.54, 1.807) is 24.3 Å². The van der Waals surface area contributed by atoms with Gasteiger partial charge in [0.2, 0.25) is 17.7 Å². The molecule has 0 saturated carbocycles. The number of carbonyl (C=O) groups is 6. The van der Waals surface area contributed by atoms with Gasteiger partial charge in [-0.3, -0.25) is 24.0 Å². The van der Waals surface area contributed by atoms with E-state index in [1.165, 1.54) is 0 Å². The van der Waals surface area contributed by atoms with Crippen molar-refractivity contribution in [2.75, 3.05) is 51.9 Å². The number of benzene rings is 1. The number of rotatable bonds is 32. The fraction of sp³-hybridized carbons (Fsp3) is 0.765. The van der Waals surface area contributed by atoms with Crippen LogP contribution >= 0.6 is 11.8 Å². The van der Waals surface area contributed by atoms with Gasteiger partial charge in [0, 0.05) is 63.2 Å². The van der Waals surface area contributed by atoms with Crippen LogP contribution in [0.3, 0.4) is 0 Å². The average Bonchev–Trinajstić information content (AvgIpc) is 4.05. The van der Waals surface area contributed by atoms with Crippen molar-refractivity contribution in [2.45, 2.75) is 193 Å². The van der Waals surface area contributed by atoms with Gasteiger partial charge >= 0.3 is 6.03 Å². The van der Waals surface area contributed by atoms with Gasteiger partial charge in [-0.1, -0.05) is 18.6 Å². The summed E-state index contributed by atoms with van der Waals surface area (Å²) in [5.74, 6) is 0.0649. The molecule has 5 saturated heterocycles. The highest BCUT2D eigenvalue weighted by Crippen LogP contribution is 2.35. The van der Waals surface area contributed by atoms with Crippen molar-refractivity contribution in [3.8, 4) is 5.75 Å². The summed E-state index contributed by atoms with van der Waals surface area (Å²) in [6.45, 7) is -0.992. The molecule has 28 nitrogen and oxygen atoms in total. The van der Waals surface area contributed by atoms with Gasteiger partial charge in [0.25, 0.3) is 5.91 Å². The maximum atomic E-state index is 12.7. The molecule has 0 aromatic heterocycles. The highest BCUT2D eigenvalue weighted by molar-refractivity contribution is 8.00. The van der Waals surface area contributed by atoms with Gasteiger partial charge in [0.05, 0.1) is 38.5 Å². The van der Waals surface area contributed by atoms with E-state index in [1.807, 2.05) is 11.8 Å². The fourth-order valence-corrected chi connectivity index (χ4v) is 11.5. The Labute approximate surface area is 466 Å². The van der Waals surface area contributed by atoms with Crippen LogP contribution < -0.4 is 36.6 Å². The Kier molecular flexibility index (Phi) is 26.3. The molecule has 1 aromatic carbocycles. The van der Waals surface area contributed by atoms with Gasteiger partial charge in [-0.15, -0.1) is 0 Å². The molecule has 6 unspecified atom stereocenters. The number of hydrogen-bond donors (Lipinski definition) is 15. The second-order valence-corrected chi connectivity index (χ2v) is 21.7. The molecular weight excluding hydrogens is 1080 g/mol. The van der Waals surface area contributed by atoms with Crippen LogP contribution in [0, 0.1) is 0 Å². The van der Waals surface area contributed by atoms with Gasteiger partial charge in [0.1, 0.15) is 84.7 Å². The minimum Gasteiger partial charge on any atom is -0.484 e. The Morgan fingerprint density at radius 3 is 2.01 bits per heavy atom. The molecular formula is C51H80N6O22S. The summed E-state index contributed by atoms with van der Waals surface area (Å²) >= 11 is 1.86. The summed E-state index contributed by atoms with van der Waals surface area (Å²) in [5.41, 5.74) is 0.729. The third kappa shape index (κ3) is 18.8. The van der Waals surface area contributed by atoms with Gasteiger partial charge in [0.15, 0.2) is 25.5 Å². The Morgan fingerprint density at radius 1 is 0.662 bits per heavy atom. The molecule has 5 heterocycles. The van der Waals surface area contributed by atoms with Crippen molar-refractivity contribution in [1.82, 2.24) is 31.9 Å². The van der Waals surface area contributed by atoms with Crippen LogP contribution in [0.1, 0.15) is 83.1 Å². The molecule has 0 spiro atoms. The monoisotopic (exact) mass is 1160 g/mol. The number of aliphatic hydroxyl groups excluding tert-OH is 9. The van der Waals surface area contributed by atoms with Crippen molar-refractivity contribution in [1.29, 1.82) is 0 Å². The zero-order valence-electron chi connectivity index (χ0n) is 44.6.